The van der Waals surface area contributed by atoms with Gasteiger partial charge in [0.1, 0.15) is 6.29 Å². The van der Waals surface area contributed by atoms with E-state index >= 15 is 0 Å². The molecule has 0 amide bonds. The Kier molecular flexibility index (Phi) is 15.8. The van der Waals surface area contributed by atoms with Crippen molar-refractivity contribution in [2.24, 2.45) is 0 Å². The van der Waals surface area contributed by atoms with Crippen molar-refractivity contribution in [3.63, 3.8) is 0 Å². The molecular formula is C38H41N2O9P. The molecule has 0 heterocycles. The lowest BCUT2D eigenvalue weighted by atomic mass is 9.95. The van der Waals surface area contributed by atoms with E-state index in [1.165, 1.54) is 20.3 Å². The van der Waals surface area contributed by atoms with Crippen LogP contribution in [0.25, 0.3) is 0 Å². The van der Waals surface area contributed by atoms with Crippen molar-refractivity contribution in [1.29, 1.82) is 0 Å². The molecule has 262 valence electrons. The van der Waals surface area contributed by atoms with Crippen LogP contribution in [0.5, 0.6) is 0 Å². The molecule has 0 aromatic heterocycles. The Balaban J connectivity index is 0.000000222. The third-order valence-electron chi connectivity index (χ3n) is 8.13. The maximum absolute atomic E-state index is 12.3. The summed E-state index contributed by atoms with van der Waals surface area (Å²) in [7, 11) is 2.72. The van der Waals surface area contributed by atoms with Crippen molar-refractivity contribution in [2.45, 2.75) is 50.6 Å². The molecule has 50 heavy (non-hydrogen) atoms. The molecule has 0 N–H and O–H groups in total. The van der Waals surface area contributed by atoms with Crippen LogP contribution in [-0.4, -0.2) is 60.2 Å². The molecule has 12 heteroatoms. The predicted octanol–water partition coefficient (Wildman–Crippen LogP) is 5.37. The molecule has 2 aliphatic carbocycles. The van der Waals surface area contributed by atoms with E-state index in [0.29, 0.717) is 50.4 Å². The molecule has 0 bridgehead atoms. The van der Waals surface area contributed by atoms with Gasteiger partial charge in [-0.2, -0.15) is 0 Å². The molecular weight excluding hydrogens is 659 g/mol. The van der Waals surface area contributed by atoms with Crippen molar-refractivity contribution in [2.75, 3.05) is 14.2 Å². The first-order valence-corrected chi connectivity index (χ1v) is 17.9. The summed E-state index contributed by atoms with van der Waals surface area (Å²) in [4.78, 5) is 53.6. The number of rotatable bonds is 9. The van der Waals surface area contributed by atoms with Crippen molar-refractivity contribution in [3.8, 4) is 0 Å². The predicted molar refractivity (Wildman–Crippen MR) is 196 cm³/mol. The lowest BCUT2D eigenvalue weighted by Gasteiger charge is -2.28. The van der Waals surface area contributed by atoms with Crippen molar-refractivity contribution < 1.29 is 33.7 Å². The summed E-state index contributed by atoms with van der Waals surface area (Å²) in [6, 6.07) is 29.5. The van der Waals surface area contributed by atoms with Gasteiger partial charge in [-0.15, -0.1) is 0 Å². The zero-order valence-corrected chi connectivity index (χ0v) is 28.9. The summed E-state index contributed by atoms with van der Waals surface area (Å²) in [6.07, 6.45) is 10.4. The fourth-order valence-corrected chi connectivity index (χ4v) is 9.23. The second kappa shape index (κ2) is 20.2. The van der Waals surface area contributed by atoms with Crippen LogP contribution in [0.3, 0.4) is 0 Å². The molecule has 0 fully saturated rings. The highest BCUT2D eigenvalue weighted by molar-refractivity contribution is 7.95. The lowest BCUT2D eigenvalue weighted by Crippen LogP contribution is -2.28. The van der Waals surface area contributed by atoms with Crippen molar-refractivity contribution >= 4 is 46.8 Å². The topological polar surface area (TPSA) is 156 Å². The Labute approximate surface area is 291 Å². The average molecular weight is 701 g/mol. The van der Waals surface area contributed by atoms with Crippen LogP contribution in [0.1, 0.15) is 38.5 Å². The summed E-state index contributed by atoms with van der Waals surface area (Å²) in [5.74, 6) is 1.02. The zero-order valence-electron chi connectivity index (χ0n) is 28.0. The van der Waals surface area contributed by atoms with E-state index in [-0.39, 0.29) is 15.8 Å². The lowest BCUT2D eigenvalue weighted by molar-refractivity contribution is -0.523. The number of carbonyl (C=O) groups is 3. The quantitative estimate of drug-likeness (QED) is 0.0716. The number of hydrogen-bond acceptors (Lipinski definition) is 9. The van der Waals surface area contributed by atoms with Gasteiger partial charge in [-0.3, -0.25) is 25.0 Å². The Bertz CT molecular complexity index is 1650. The molecule has 0 aliphatic heterocycles. The van der Waals surface area contributed by atoms with E-state index < -0.39 is 24.9 Å². The molecule has 2 aliphatic rings. The molecule has 0 saturated heterocycles. The third kappa shape index (κ3) is 11.3. The van der Waals surface area contributed by atoms with Gasteiger partial charge in [-0.05, 0) is 46.8 Å². The zero-order chi connectivity index (χ0) is 36.4. The van der Waals surface area contributed by atoms with Crippen LogP contribution in [0.2, 0.25) is 0 Å². The van der Waals surface area contributed by atoms with Gasteiger partial charge in [0.05, 0.1) is 14.2 Å². The molecule has 2 unspecified atom stereocenters. The summed E-state index contributed by atoms with van der Waals surface area (Å²) >= 11 is 0. The molecule has 0 saturated carbocycles. The SMILES string of the molecule is COC(=O)/C=C/C1=CCCC([N+](=O)[O-])C1.COC(=O)C=P(c1ccccc1)(c1ccccc1)c1ccccc1.O=CC1=CCCC([N+](=O)[O-])C1. The average Bonchev–Trinajstić information content (AvgIpc) is 3.17. The Morgan fingerprint density at radius 1 is 0.680 bits per heavy atom. The van der Waals surface area contributed by atoms with Gasteiger partial charge >= 0.3 is 11.9 Å². The minimum Gasteiger partial charge on any atom is -0.466 e. The smallest absolute Gasteiger partial charge is 0.331 e. The Morgan fingerprint density at radius 2 is 1.08 bits per heavy atom. The van der Waals surface area contributed by atoms with Gasteiger partial charge in [0.2, 0.25) is 12.1 Å². The van der Waals surface area contributed by atoms with Crippen LogP contribution in [0.15, 0.2) is 126 Å². The number of benzene rings is 3. The van der Waals surface area contributed by atoms with E-state index in [1.54, 1.807) is 17.9 Å². The van der Waals surface area contributed by atoms with Gasteiger partial charge in [-0.25, -0.2) is 9.59 Å². The Morgan fingerprint density at radius 3 is 1.46 bits per heavy atom. The summed E-state index contributed by atoms with van der Waals surface area (Å²) in [5, 5.41) is 24.2. The molecule has 2 atom stereocenters. The highest BCUT2D eigenvalue weighted by atomic mass is 31.2. The van der Waals surface area contributed by atoms with Gasteiger partial charge in [-0.1, -0.05) is 109 Å². The minimum absolute atomic E-state index is 0.265. The largest absolute Gasteiger partial charge is 0.466 e. The number of nitro groups is 2. The number of nitrogens with zero attached hydrogens (tertiary/aromatic N) is 2. The van der Waals surface area contributed by atoms with E-state index in [4.69, 9.17) is 4.74 Å². The van der Waals surface area contributed by atoms with E-state index in [9.17, 15) is 34.6 Å². The first-order chi connectivity index (χ1) is 24.1. The fraction of sp³-hybridized carbons (Fsp3) is 0.263. The monoisotopic (exact) mass is 700 g/mol. The van der Waals surface area contributed by atoms with Crippen LogP contribution in [0.4, 0.5) is 0 Å². The standard InChI is InChI=1S/C21H19O2P.C10H13NO4.C7H9NO3/c1-23-21(22)17-24(18-11-5-2-6-12-18,19-13-7-3-8-14-19)20-15-9-4-10-16-20;1-15-10(12)6-5-8-3-2-4-9(7-8)11(13)14;9-5-6-2-1-3-7(4-6)8(10)11/h2-17H,1H3;3,5-6,9H,2,4,7H2,1H3;2,5,7H,1,3-4H2/b;6-5+;. The maximum Gasteiger partial charge on any atom is 0.331 e. The summed E-state index contributed by atoms with van der Waals surface area (Å²) in [5.41, 5.74) is 1.39. The van der Waals surface area contributed by atoms with Gasteiger partial charge in [0.25, 0.3) is 0 Å². The summed E-state index contributed by atoms with van der Waals surface area (Å²) < 4.78 is 9.43. The fourth-order valence-electron chi connectivity index (χ4n) is 5.54. The molecule has 3 aromatic rings. The van der Waals surface area contributed by atoms with E-state index in [2.05, 4.69) is 41.1 Å². The number of ether oxygens (including phenoxy) is 2. The van der Waals surface area contributed by atoms with Crippen LogP contribution in [-0.2, 0) is 23.9 Å². The number of esters is 2. The van der Waals surface area contributed by atoms with Gasteiger partial charge in [0.15, 0.2) is 0 Å². The summed E-state index contributed by atoms with van der Waals surface area (Å²) in [6.45, 7) is -2.23. The highest BCUT2D eigenvalue weighted by Gasteiger charge is 2.27. The van der Waals surface area contributed by atoms with Crippen molar-refractivity contribution in [1.82, 2.24) is 0 Å². The normalized spacial score (nSPS) is 16.8. The third-order valence-corrected chi connectivity index (χ3v) is 12.1. The Hall–Kier alpha value is -5.41. The van der Waals surface area contributed by atoms with E-state index in [1.807, 2.05) is 60.7 Å². The van der Waals surface area contributed by atoms with Gasteiger partial charge in [0, 0.05) is 47.4 Å². The van der Waals surface area contributed by atoms with Crippen LogP contribution in [0, 0.1) is 20.2 Å². The van der Waals surface area contributed by atoms with Crippen LogP contribution >= 0.6 is 6.89 Å². The molecule has 0 radical (unpaired) electrons. The second-order valence-corrected chi connectivity index (χ2v) is 14.6. The first-order valence-electron chi connectivity index (χ1n) is 16.0. The number of aldehydes is 1. The molecule has 11 nitrogen and oxygen atoms in total. The first kappa shape index (κ1) is 39.0. The van der Waals surface area contributed by atoms with Crippen molar-refractivity contribution in [3.05, 3.63) is 147 Å². The minimum atomic E-state index is -2.23. The number of carbonyl (C=O) groups excluding carboxylic acids is 3. The molecule has 5 rings (SSSR count). The van der Waals surface area contributed by atoms with Gasteiger partial charge < -0.3 is 9.47 Å². The van der Waals surface area contributed by atoms with Crippen LogP contribution < -0.4 is 15.9 Å². The maximum atomic E-state index is 12.3. The highest BCUT2D eigenvalue weighted by Crippen LogP contribution is 2.43. The molecule has 0 spiro atoms. The molecule has 3 aromatic carbocycles. The number of hydrogen-bond donors (Lipinski definition) is 0. The number of allylic oxidation sites excluding steroid dienone is 3. The van der Waals surface area contributed by atoms with E-state index in [0.717, 1.165) is 21.5 Å². The second-order valence-electron chi connectivity index (χ2n) is 11.4. The number of methoxy groups -OCH3 is 2.